The molecule has 0 saturated carbocycles. The van der Waals surface area contributed by atoms with Gasteiger partial charge in [-0.05, 0) is 37.6 Å². The van der Waals surface area contributed by atoms with Gasteiger partial charge in [-0.1, -0.05) is 0 Å². The third-order valence-corrected chi connectivity index (χ3v) is 4.73. The van der Waals surface area contributed by atoms with Crippen molar-refractivity contribution in [3.8, 4) is 0 Å². The van der Waals surface area contributed by atoms with Crippen LogP contribution < -0.4 is 10.6 Å². The average molecular weight is 340 g/mol. The van der Waals surface area contributed by atoms with E-state index in [0.717, 1.165) is 25.6 Å². The van der Waals surface area contributed by atoms with E-state index in [2.05, 4.69) is 15.4 Å². The normalized spacial score (nSPS) is 17.7. The first-order valence-electron chi connectivity index (χ1n) is 7.26. The van der Waals surface area contributed by atoms with Gasteiger partial charge in [0.15, 0.2) is 9.84 Å². The molecule has 1 amide bonds. The minimum absolute atomic E-state index is 0.0466. The second-order valence-corrected chi connectivity index (χ2v) is 7.57. The Kier molecular flexibility index (Phi) is 5.38. The number of hydrogen-bond donors (Lipinski definition) is 2. The zero-order valence-corrected chi connectivity index (χ0v) is 13.9. The molecule has 1 aromatic rings. The van der Waals surface area contributed by atoms with Crippen LogP contribution in [0.4, 0.5) is 5.69 Å². The fourth-order valence-corrected chi connectivity index (χ4v) is 3.17. The smallest absolute Gasteiger partial charge is 0.337 e. The van der Waals surface area contributed by atoms with Crippen molar-refractivity contribution in [3.05, 3.63) is 23.8 Å². The van der Waals surface area contributed by atoms with Crippen LogP contribution in [0.15, 0.2) is 23.1 Å². The van der Waals surface area contributed by atoms with Gasteiger partial charge in [-0.3, -0.25) is 4.79 Å². The van der Waals surface area contributed by atoms with Crippen LogP contribution in [-0.4, -0.2) is 46.2 Å². The Morgan fingerprint density at radius 1 is 1.35 bits per heavy atom. The third kappa shape index (κ3) is 4.77. The fourth-order valence-electron chi connectivity index (χ4n) is 2.49. The number of benzene rings is 1. The van der Waals surface area contributed by atoms with Crippen molar-refractivity contribution in [2.24, 2.45) is 0 Å². The van der Waals surface area contributed by atoms with E-state index in [1.807, 2.05) is 0 Å². The van der Waals surface area contributed by atoms with Gasteiger partial charge in [0.25, 0.3) is 0 Å². The fraction of sp³-hybridized carbons (Fsp3) is 0.467. The van der Waals surface area contributed by atoms with E-state index in [-0.39, 0.29) is 28.1 Å². The zero-order chi connectivity index (χ0) is 17.0. The molecule has 8 heteroatoms. The van der Waals surface area contributed by atoms with Gasteiger partial charge in [-0.2, -0.15) is 0 Å². The second-order valence-electron chi connectivity index (χ2n) is 5.56. The molecule has 0 aliphatic carbocycles. The molecule has 1 unspecified atom stereocenters. The van der Waals surface area contributed by atoms with E-state index >= 15 is 0 Å². The molecule has 126 valence electrons. The Balaban J connectivity index is 2.22. The summed E-state index contributed by atoms with van der Waals surface area (Å²) in [4.78, 5) is 23.7. The first kappa shape index (κ1) is 17.4. The number of anilines is 1. The molecule has 1 aliphatic rings. The zero-order valence-electron chi connectivity index (χ0n) is 13.1. The summed E-state index contributed by atoms with van der Waals surface area (Å²) in [6.07, 6.45) is 3.31. The van der Waals surface area contributed by atoms with Crippen LogP contribution in [0.5, 0.6) is 0 Å². The quantitative estimate of drug-likeness (QED) is 0.774. The lowest BCUT2D eigenvalue weighted by Crippen LogP contribution is -2.27. The van der Waals surface area contributed by atoms with Gasteiger partial charge in [0, 0.05) is 24.4 Å². The molecule has 1 heterocycles. The highest BCUT2D eigenvalue weighted by molar-refractivity contribution is 7.90. The number of hydrogen-bond acceptors (Lipinski definition) is 6. The predicted octanol–water partition coefficient (Wildman–Crippen LogP) is 0.957. The Hall–Kier alpha value is -1.93. The minimum atomic E-state index is -3.52. The first-order valence-corrected chi connectivity index (χ1v) is 9.15. The number of nitrogens with one attached hydrogen (secondary N) is 2. The molecule has 2 N–H and O–H groups in total. The first-order chi connectivity index (χ1) is 10.8. The molecular weight excluding hydrogens is 320 g/mol. The number of ether oxygens (including phenoxy) is 1. The highest BCUT2D eigenvalue weighted by Crippen LogP contribution is 2.20. The molecule has 2 rings (SSSR count). The summed E-state index contributed by atoms with van der Waals surface area (Å²) in [5.74, 6) is -0.894. The molecule has 1 fully saturated rings. The SMILES string of the molecule is COC(=O)c1cc(NC(=O)CC2CCCN2)cc(S(C)(=O)=O)c1. The Morgan fingerprint density at radius 2 is 2.09 bits per heavy atom. The lowest BCUT2D eigenvalue weighted by atomic mass is 10.1. The lowest BCUT2D eigenvalue weighted by Gasteiger charge is -2.12. The molecular formula is C15H20N2O5S. The van der Waals surface area contributed by atoms with Crippen molar-refractivity contribution >= 4 is 27.4 Å². The van der Waals surface area contributed by atoms with Crippen LogP contribution in [0, 0.1) is 0 Å². The maximum Gasteiger partial charge on any atom is 0.337 e. The van der Waals surface area contributed by atoms with E-state index in [0.29, 0.717) is 6.42 Å². The highest BCUT2D eigenvalue weighted by Gasteiger charge is 2.19. The van der Waals surface area contributed by atoms with Gasteiger partial charge < -0.3 is 15.4 Å². The van der Waals surface area contributed by atoms with Crippen molar-refractivity contribution in [1.82, 2.24) is 5.32 Å². The summed E-state index contributed by atoms with van der Waals surface area (Å²) in [7, 11) is -2.31. The Labute approximate surface area is 135 Å². The largest absolute Gasteiger partial charge is 0.465 e. The summed E-state index contributed by atoms with van der Waals surface area (Å²) in [5.41, 5.74) is 0.334. The van der Waals surface area contributed by atoms with Crippen LogP contribution in [0.1, 0.15) is 29.6 Å². The van der Waals surface area contributed by atoms with Crippen molar-refractivity contribution < 1.29 is 22.7 Å². The molecule has 0 radical (unpaired) electrons. The summed E-state index contributed by atoms with van der Waals surface area (Å²) in [6, 6.07) is 4.10. The summed E-state index contributed by atoms with van der Waals surface area (Å²) < 4.78 is 28.1. The molecule has 1 saturated heterocycles. The number of esters is 1. The van der Waals surface area contributed by atoms with Crippen LogP contribution in [-0.2, 0) is 19.4 Å². The van der Waals surface area contributed by atoms with Crippen molar-refractivity contribution in [2.45, 2.75) is 30.2 Å². The molecule has 1 aliphatic heterocycles. The van der Waals surface area contributed by atoms with Gasteiger partial charge in [0.2, 0.25) is 5.91 Å². The maximum atomic E-state index is 12.1. The van der Waals surface area contributed by atoms with Crippen LogP contribution >= 0.6 is 0 Å². The molecule has 1 aromatic carbocycles. The van der Waals surface area contributed by atoms with Gasteiger partial charge in [-0.15, -0.1) is 0 Å². The predicted molar refractivity (Wildman–Crippen MR) is 85.2 cm³/mol. The number of sulfone groups is 1. The van der Waals surface area contributed by atoms with Gasteiger partial charge in [0.1, 0.15) is 0 Å². The van der Waals surface area contributed by atoms with E-state index in [1.54, 1.807) is 0 Å². The number of amides is 1. The van der Waals surface area contributed by atoms with Crippen molar-refractivity contribution in [1.29, 1.82) is 0 Å². The molecule has 0 aromatic heterocycles. The number of methoxy groups -OCH3 is 1. The van der Waals surface area contributed by atoms with Gasteiger partial charge in [-0.25, -0.2) is 13.2 Å². The Bertz CT molecular complexity index is 709. The molecule has 0 bridgehead atoms. The lowest BCUT2D eigenvalue weighted by molar-refractivity contribution is -0.116. The van der Waals surface area contributed by atoms with Crippen molar-refractivity contribution in [3.63, 3.8) is 0 Å². The minimum Gasteiger partial charge on any atom is -0.465 e. The van der Waals surface area contributed by atoms with E-state index in [4.69, 9.17) is 0 Å². The van der Waals surface area contributed by atoms with Crippen LogP contribution in [0.2, 0.25) is 0 Å². The van der Waals surface area contributed by atoms with Crippen LogP contribution in [0.3, 0.4) is 0 Å². The van der Waals surface area contributed by atoms with Crippen molar-refractivity contribution in [2.75, 3.05) is 25.2 Å². The summed E-state index contributed by atoms with van der Waals surface area (Å²) in [5, 5.41) is 5.87. The third-order valence-electron chi connectivity index (χ3n) is 3.63. The molecule has 23 heavy (non-hydrogen) atoms. The van der Waals surface area contributed by atoms with E-state index in [1.165, 1.54) is 25.3 Å². The Morgan fingerprint density at radius 3 is 2.65 bits per heavy atom. The van der Waals surface area contributed by atoms with Crippen LogP contribution in [0.25, 0.3) is 0 Å². The number of carbonyl (C=O) groups is 2. The van der Waals surface area contributed by atoms with E-state index in [9.17, 15) is 18.0 Å². The summed E-state index contributed by atoms with van der Waals surface area (Å²) in [6.45, 7) is 0.897. The van der Waals surface area contributed by atoms with Gasteiger partial charge >= 0.3 is 5.97 Å². The summed E-state index contributed by atoms with van der Waals surface area (Å²) >= 11 is 0. The standard InChI is InChI=1S/C15H20N2O5S/c1-22-15(19)10-6-12(8-13(7-10)23(2,20)21)17-14(18)9-11-4-3-5-16-11/h6-8,11,16H,3-5,9H2,1-2H3,(H,17,18). The maximum absolute atomic E-state index is 12.1. The second kappa shape index (κ2) is 7.10. The van der Waals surface area contributed by atoms with Gasteiger partial charge in [0.05, 0.1) is 17.6 Å². The monoisotopic (exact) mass is 340 g/mol. The van der Waals surface area contributed by atoms with E-state index < -0.39 is 15.8 Å². The molecule has 7 nitrogen and oxygen atoms in total. The molecule has 1 atom stereocenters. The number of rotatable bonds is 5. The average Bonchev–Trinajstić information content (AvgIpc) is 2.97. The topological polar surface area (TPSA) is 102 Å². The number of carbonyl (C=O) groups excluding carboxylic acids is 2. The molecule has 0 spiro atoms. The highest BCUT2D eigenvalue weighted by atomic mass is 32.2.